The monoisotopic (exact) mass is 510 g/mol. The molecule has 1 atom stereocenters. The highest BCUT2D eigenvalue weighted by atomic mass is 32.2. The largest absolute Gasteiger partial charge is 0.302 e. The predicted octanol–water partition coefficient (Wildman–Crippen LogP) is 5.27. The number of likely N-dealkylation sites (tertiary alicyclic amines) is 1. The van der Waals surface area contributed by atoms with Crippen LogP contribution in [0, 0.1) is 5.41 Å². The Morgan fingerprint density at radius 1 is 1.03 bits per heavy atom. The Morgan fingerprint density at radius 2 is 1.72 bits per heavy atom. The maximum absolute atomic E-state index is 13.9. The molecule has 1 unspecified atom stereocenters. The summed E-state index contributed by atoms with van der Waals surface area (Å²) >= 11 is 0. The van der Waals surface area contributed by atoms with Crippen molar-refractivity contribution in [3.63, 3.8) is 0 Å². The Labute approximate surface area is 217 Å². The van der Waals surface area contributed by atoms with Crippen LogP contribution in [0.1, 0.15) is 83.2 Å². The summed E-state index contributed by atoms with van der Waals surface area (Å²) in [5, 5.41) is 4.70. The van der Waals surface area contributed by atoms with Crippen molar-refractivity contribution in [3.8, 4) is 0 Å². The molecule has 2 saturated heterocycles. The maximum Gasteiger partial charge on any atom is 0.243 e. The standard InChI is InChI=1S/C29H42N4O2S/c1-22(2)33-27-17-25-13-16-32(36(34,35)26-11-9-24(10-12-26)28(3,4)5)21-29(25,18-23(27)19-30-33)20-31-14-7-6-8-15-31/h9-12,17,19,22H,6-8,13-16,18,20-21H2,1-5H3. The van der Waals surface area contributed by atoms with Crippen molar-refractivity contribution in [1.29, 1.82) is 0 Å². The van der Waals surface area contributed by atoms with Gasteiger partial charge in [0.05, 0.1) is 16.8 Å². The number of aromatic nitrogens is 2. The lowest BCUT2D eigenvalue weighted by Crippen LogP contribution is -2.54. The third-order valence-corrected chi connectivity index (χ3v) is 10.2. The van der Waals surface area contributed by atoms with E-state index in [9.17, 15) is 8.42 Å². The Balaban J connectivity index is 1.48. The Hall–Kier alpha value is -1.96. The van der Waals surface area contributed by atoms with Crippen LogP contribution < -0.4 is 0 Å². The molecule has 0 radical (unpaired) electrons. The van der Waals surface area contributed by atoms with Gasteiger partial charge in [0, 0.05) is 31.1 Å². The third-order valence-electron chi connectivity index (χ3n) is 8.37. The van der Waals surface area contributed by atoms with E-state index in [2.05, 4.69) is 50.3 Å². The molecule has 0 N–H and O–H groups in total. The van der Waals surface area contributed by atoms with Gasteiger partial charge in [0.1, 0.15) is 0 Å². The summed E-state index contributed by atoms with van der Waals surface area (Å²) in [6, 6.07) is 7.84. The lowest BCUT2D eigenvalue weighted by atomic mass is 9.68. The second-order valence-electron chi connectivity index (χ2n) is 12.4. The molecule has 3 heterocycles. The molecule has 2 aliphatic heterocycles. The van der Waals surface area contributed by atoms with Crippen LogP contribution in [0.3, 0.4) is 0 Å². The van der Waals surface area contributed by atoms with E-state index in [1.54, 1.807) is 16.4 Å². The number of hydrogen-bond acceptors (Lipinski definition) is 4. The normalized spacial score (nSPS) is 23.9. The first-order valence-electron chi connectivity index (χ1n) is 13.6. The first-order valence-corrected chi connectivity index (χ1v) is 15.0. The zero-order chi connectivity index (χ0) is 25.7. The molecule has 196 valence electrons. The molecule has 6 nitrogen and oxygen atoms in total. The molecule has 7 heteroatoms. The first-order chi connectivity index (χ1) is 17.0. The highest BCUT2D eigenvalue weighted by Crippen LogP contribution is 2.46. The summed E-state index contributed by atoms with van der Waals surface area (Å²) in [5.41, 5.74) is 4.80. The van der Waals surface area contributed by atoms with Gasteiger partial charge < -0.3 is 4.90 Å². The molecule has 2 fully saturated rings. The smallest absolute Gasteiger partial charge is 0.243 e. The number of piperidine rings is 2. The van der Waals surface area contributed by atoms with Crippen molar-refractivity contribution in [2.75, 3.05) is 32.7 Å². The highest BCUT2D eigenvalue weighted by molar-refractivity contribution is 7.89. The lowest BCUT2D eigenvalue weighted by Gasteiger charge is -2.48. The number of rotatable bonds is 5. The lowest BCUT2D eigenvalue weighted by molar-refractivity contribution is 0.114. The van der Waals surface area contributed by atoms with Crippen LogP contribution in [-0.4, -0.2) is 60.1 Å². The first kappa shape index (κ1) is 25.7. The molecular weight excluding hydrogens is 468 g/mol. The van der Waals surface area contributed by atoms with Gasteiger partial charge in [-0.2, -0.15) is 9.40 Å². The van der Waals surface area contributed by atoms with Gasteiger partial charge in [0.25, 0.3) is 0 Å². The SMILES string of the molecule is CC(C)n1ncc2c1C=C1CCN(S(=O)(=O)c3ccc(C(C)(C)C)cc3)CC1(CN1CCCCC1)C2. The number of benzene rings is 1. The molecule has 0 amide bonds. The summed E-state index contributed by atoms with van der Waals surface area (Å²) in [6.07, 6.45) is 9.74. The molecule has 2 aromatic rings. The van der Waals surface area contributed by atoms with Crippen molar-refractivity contribution < 1.29 is 8.42 Å². The number of nitrogens with zero attached hydrogens (tertiary/aromatic N) is 4. The highest BCUT2D eigenvalue weighted by Gasteiger charge is 2.47. The fraction of sp³-hybridized carbons (Fsp3) is 0.621. The van der Waals surface area contributed by atoms with Crippen molar-refractivity contribution in [2.24, 2.45) is 5.41 Å². The summed E-state index contributed by atoms with van der Waals surface area (Å²) in [4.78, 5) is 2.98. The average Bonchev–Trinajstić information content (AvgIpc) is 3.24. The van der Waals surface area contributed by atoms with Crippen LogP contribution in [-0.2, 0) is 21.9 Å². The second-order valence-corrected chi connectivity index (χ2v) is 14.4. The minimum absolute atomic E-state index is 0.00809. The zero-order valence-electron chi connectivity index (χ0n) is 22.6. The Bertz CT molecular complexity index is 1230. The van der Waals surface area contributed by atoms with E-state index in [1.165, 1.54) is 36.1 Å². The average molecular weight is 511 g/mol. The minimum atomic E-state index is -3.57. The van der Waals surface area contributed by atoms with Crippen LogP contribution >= 0.6 is 0 Å². The molecule has 5 rings (SSSR count). The van der Waals surface area contributed by atoms with Gasteiger partial charge in [0.2, 0.25) is 10.0 Å². The van der Waals surface area contributed by atoms with E-state index in [-0.39, 0.29) is 10.8 Å². The van der Waals surface area contributed by atoms with Gasteiger partial charge in [-0.05, 0) is 87.4 Å². The Morgan fingerprint density at radius 3 is 2.36 bits per heavy atom. The molecule has 1 aliphatic carbocycles. The van der Waals surface area contributed by atoms with E-state index < -0.39 is 10.0 Å². The van der Waals surface area contributed by atoms with Crippen LogP contribution in [0.15, 0.2) is 40.9 Å². The zero-order valence-corrected chi connectivity index (χ0v) is 23.4. The van der Waals surface area contributed by atoms with E-state index in [1.807, 2.05) is 18.3 Å². The quantitative estimate of drug-likeness (QED) is 0.550. The van der Waals surface area contributed by atoms with Gasteiger partial charge in [-0.15, -0.1) is 0 Å². The summed E-state index contributed by atoms with van der Waals surface area (Å²) in [5.74, 6) is 0. The number of fused-ring (bicyclic) bond motifs is 2. The Kier molecular flexibility index (Phi) is 6.71. The van der Waals surface area contributed by atoms with E-state index in [4.69, 9.17) is 5.10 Å². The van der Waals surface area contributed by atoms with E-state index in [0.717, 1.165) is 38.0 Å². The summed E-state index contributed by atoms with van der Waals surface area (Å²) in [7, 11) is -3.57. The van der Waals surface area contributed by atoms with E-state index in [0.29, 0.717) is 24.0 Å². The van der Waals surface area contributed by atoms with Crippen molar-refractivity contribution in [2.45, 2.75) is 83.1 Å². The van der Waals surface area contributed by atoms with Gasteiger partial charge in [0.15, 0.2) is 0 Å². The third kappa shape index (κ3) is 4.70. The molecule has 0 bridgehead atoms. The van der Waals surface area contributed by atoms with Crippen LogP contribution in [0.2, 0.25) is 0 Å². The predicted molar refractivity (Wildman–Crippen MR) is 146 cm³/mol. The van der Waals surface area contributed by atoms with Crippen LogP contribution in [0.4, 0.5) is 0 Å². The van der Waals surface area contributed by atoms with Gasteiger partial charge in [-0.1, -0.05) is 44.9 Å². The van der Waals surface area contributed by atoms with E-state index >= 15 is 0 Å². The topological polar surface area (TPSA) is 58.4 Å². The fourth-order valence-electron chi connectivity index (χ4n) is 6.30. The van der Waals surface area contributed by atoms with Crippen LogP contribution in [0.5, 0.6) is 0 Å². The molecule has 0 saturated carbocycles. The molecule has 1 aromatic carbocycles. The summed E-state index contributed by atoms with van der Waals surface area (Å²) in [6.45, 7) is 15.0. The summed E-state index contributed by atoms with van der Waals surface area (Å²) < 4.78 is 31.6. The second kappa shape index (κ2) is 9.41. The van der Waals surface area contributed by atoms with Gasteiger partial charge >= 0.3 is 0 Å². The van der Waals surface area contributed by atoms with Crippen molar-refractivity contribution >= 4 is 16.1 Å². The molecular formula is C29H42N4O2S. The number of sulfonamides is 1. The molecule has 0 spiro atoms. The van der Waals surface area contributed by atoms with Gasteiger partial charge in [-0.25, -0.2) is 8.42 Å². The van der Waals surface area contributed by atoms with Crippen molar-refractivity contribution in [3.05, 3.63) is 52.9 Å². The van der Waals surface area contributed by atoms with Gasteiger partial charge in [-0.3, -0.25) is 4.68 Å². The minimum Gasteiger partial charge on any atom is -0.302 e. The van der Waals surface area contributed by atoms with Crippen molar-refractivity contribution in [1.82, 2.24) is 19.0 Å². The molecule has 36 heavy (non-hydrogen) atoms. The maximum atomic E-state index is 13.9. The molecule has 3 aliphatic rings. The van der Waals surface area contributed by atoms with Crippen LogP contribution in [0.25, 0.3) is 6.08 Å². The number of hydrogen-bond donors (Lipinski definition) is 0. The fourth-order valence-corrected chi connectivity index (χ4v) is 7.83. The molecule has 1 aromatic heterocycles.